The molecule has 0 radical (unpaired) electrons. The number of ether oxygens (including phenoxy) is 1. The molecule has 0 atom stereocenters. The number of nitrogens with zero attached hydrogens (tertiary/aromatic N) is 2. The van der Waals surface area contributed by atoms with Gasteiger partial charge in [-0.2, -0.15) is 5.10 Å². The molecular weight excluding hydrogens is 505 g/mol. The van der Waals surface area contributed by atoms with Gasteiger partial charge in [-0.15, -0.1) is 0 Å². The summed E-state index contributed by atoms with van der Waals surface area (Å²) in [6, 6.07) is 17.9. The highest BCUT2D eigenvalue weighted by atomic mass is 79.9. The number of hydrogen-bond donors (Lipinski definition) is 1. The van der Waals surface area contributed by atoms with Gasteiger partial charge >= 0.3 is 0 Å². The summed E-state index contributed by atoms with van der Waals surface area (Å²) in [6.45, 7) is 0.693. The van der Waals surface area contributed by atoms with Crippen molar-refractivity contribution in [1.82, 2.24) is 9.78 Å². The maximum absolute atomic E-state index is 12.5. The van der Waals surface area contributed by atoms with E-state index in [1.807, 2.05) is 30.3 Å². The van der Waals surface area contributed by atoms with E-state index < -0.39 is 5.91 Å². The molecule has 0 aliphatic carbocycles. The minimum absolute atomic E-state index is 0.171. The quantitative estimate of drug-likeness (QED) is 0.305. The molecule has 0 aliphatic heterocycles. The second-order valence-corrected chi connectivity index (χ2v) is 8.25. The first-order chi connectivity index (χ1) is 15.0. The zero-order valence-electron chi connectivity index (χ0n) is 16.0. The molecule has 0 fully saturated rings. The lowest BCUT2D eigenvalue weighted by atomic mass is 10.2. The van der Waals surface area contributed by atoms with Crippen LogP contribution in [0.2, 0.25) is 10.0 Å². The molecular formula is C22H16BrCl2N3O3. The number of aromatic nitrogens is 2. The van der Waals surface area contributed by atoms with Crippen LogP contribution in [0.25, 0.3) is 0 Å². The molecule has 158 valence electrons. The van der Waals surface area contributed by atoms with Crippen molar-refractivity contribution in [1.29, 1.82) is 0 Å². The van der Waals surface area contributed by atoms with Crippen molar-refractivity contribution in [3.05, 3.63) is 98.5 Å². The van der Waals surface area contributed by atoms with Gasteiger partial charge in [0.25, 0.3) is 5.91 Å². The topological polar surface area (TPSA) is 69.3 Å². The summed E-state index contributed by atoms with van der Waals surface area (Å²) in [5.74, 6) is 1.41. The fraction of sp³-hybridized carbons (Fsp3) is 0.0909. The van der Waals surface area contributed by atoms with Crippen LogP contribution in [0.1, 0.15) is 21.9 Å². The molecule has 9 heteroatoms. The number of carbonyl (C=O) groups excluding carboxylic acids is 1. The summed E-state index contributed by atoms with van der Waals surface area (Å²) >= 11 is 15.4. The number of nitrogens with one attached hydrogen (secondary N) is 1. The molecule has 0 saturated carbocycles. The second kappa shape index (κ2) is 9.60. The molecule has 0 aliphatic rings. The Bertz CT molecular complexity index is 1220. The summed E-state index contributed by atoms with van der Waals surface area (Å²) in [5, 5.41) is 8.06. The van der Waals surface area contributed by atoms with Crippen LogP contribution >= 0.6 is 39.1 Å². The highest BCUT2D eigenvalue weighted by Gasteiger charge is 2.14. The summed E-state index contributed by atoms with van der Waals surface area (Å²) in [5.41, 5.74) is 0.941. The molecule has 2 aromatic heterocycles. The smallest absolute Gasteiger partial charge is 0.292 e. The highest BCUT2D eigenvalue weighted by Crippen LogP contribution is 2.25. The number of carbonyl (C=O) groups is 1. The lowest BCUT2D eigenvalue weighted by Gasteiger charge is -2.06. The van der Waals surface area contributed by atoms with E-state index in [1.165, 1.54) is 0 Å². The van der Waals surface area contributed by atoms with Gasteiger partial charge in [0.1, 0.15) is 18.1 Å². The van der Waals surface area contributed by atoms with Crippen molar-refractivity contribution in [2.45, 2.75) is 13.2 Å². The van der Waals surface area contributed by atoms with E-state index in [0.717, 1.165) is 10.0 Å². The van der Waals surface area contributed by atoms with Gasteiger partial charge in [-0.3, -0.25) is 9.48 Å². The Morgan fingerprint density at radius 2 is 1.94 bits per heavy atom. The maximum Gasteiger partial charge on any atom is 0.292 e. The van der Waals surface area contributed by atoms with Gasteiger partial charge in [-0.05, 0) is 57.9 Å². The fourth-order valence-corrected chi connectivity index (χ4v) is 3.53. The lowest BCUT2D eigenvalue weighted by Crippen LogP contribution is -2.12. The van der Waals surface area contributed by atoms with Gasteiger partial charge in [0.2, 0.25) is 0 Å². The molecule has 0 spiro atoms. The van der Waals surface area contributed by atoms with Crippen LogP contribution in [0.15, 0.2) is 75.8 Å². The lowest BCUT2D eigenvalue weighted by molar-refractivity contribution is 0.0992. The van der Waals surface area contributed by atoms with Crippen molar-refractivity contribution in [3.63, 3.8) is 0 Å². The van der Waals surface area contributed by atoms with Crippen LogP contribution in [-0.4, -0.2) is 15.7 Å². The van der Waals surface area contributed by atoms with Gasteiger partial charge in [0, 0.05) is 12.3 Å². The zero-order valence-corrected chi connectivity index (χ0v) is 19.1. The number of halogens is 3. The molecule has 0 unspecified atom stereocenters. The Labute approximate surface area is 196 Å². The summed E-state index contributed by atoms with van der Waals surface area (Å²) in [7, 11) is 0. The third-order valence-electron chi connectivity index (χ3n) is 4.30. The van der Waals surface area contributed by atoms with Crippen molar-refractivity contribution < 1.29 is 13.9 Å². The Kier molecular flexibility index (Phi) is 6.65. The Morgan fingerprint density at radius 3 is 2.74 bits per heavy atom. The minimum Gasteiger partial charge on any atom is -0.484 e. The molecule has 0 saturated heterocycles. The monoisotopic (exact) mass is 519 g/mol. The molecule has 6 nitrogen and oxygen atoms in total. The third kappa shape index (κ3) is 5.50. The third-order valence-corrected chi connectivity index (χ3v) is 5.70. The van der Waals surface area contributed by atoms with Crippen molar-refractivity contribution in [2.75, 3.05) is 5.32 Å². The summed E-state index contributed by atoms with van der Waals surface area (Å²) < 4.78 is 13.8. The first-order valence-corrected chi connectivity index (χ1v) is 10.8. The van der Waals surface area contributed by atoms with Crippen molar-refractivity contribution in [3.8, 4) is 5.75 Å². The molecule has 2 heterocycles. The Balaban J connectivity index is 1.34. The average Bonchev–Trinajstić information content (AvgIpc) is 3.40. The van der Waals surface area contributed by atoms with Gasteiger partial charge in [0.15, 0.2) is 11.6 Å². The largest absolute Gasteiger partial charge is 0.484 e. The zero-order chi connectivity index (χ0) is 21.8. The van der Waals surface area contributed by atoms with E-state index in [-0.39, 0.29) is 12.4 Å². The van der Waals surface area contributed by atoms with Gasteiger partial charge in [-0.25, -0.2) is 0 Å². The SMILES string of the molecule is O=C(Nc1ccn(Cc2ccc(Cl)c(Cl)c2)n1)c1ccc(COc2ccccc2Br)o1. The Morgan fingerprint density at radius 1 is 1.10 bits per heavy atom. The predicted molar refractivity (Wildman–Crippen MR) is 123 cm³/mol. The van der Waals surface area contributed by atoms with E-state index in [1.54, 1.807) is 41.2 Å². The Hall–Kier alpha value is -2.74. The van der Waals surface area contributed by atoms with Gasteiger partial charge in [0.05, 0.1) is 21.1 Å². The minimum atomic E-state index is -0.396. The number of benzene rings is 2. The van der Waals surface area contributed by atoms with Crippen LogP contribution in [-0.2, 0) is 13.2 Å². The number of para-hydroxylation sites is 1. The number of amides is 1. The molecule has 1 amide bonds. The summed E-state index contributed by atoms with van der Waals surface area (Å²) in [4.78, 5) is 12.5. The van der Waals surface area contributed by atoms with E-state index in [2.05, 4.69) is 26.3 Å². The number of anilines is 1. The molecule has 4 aromatic rings. The number of furan rings is 1. The maximum atomic E-state index is 12.5. The van der Waals surface area contributed by atoms with E-state index >= 15 is 0 Å². The van der Waals surface area contributed by atoms with Crippen LogP contribution in [0.4, 0.5) is 5.82 Å². The van der Waals surface area contributed by atoms with Crippen molar-refractivity contribution in [2.24, 2.45) is 0 Å². The van der Waals surface area contributed by atoms with Crippen LogP contribution in [0.5, 0.6) is 5.75 Å². The molecule has 2 aromatic carbocycles. The van der Waals surface area contributed by atoms with E-state index in [4.69, 9.17) is 32.4 Å². The number of hydrogen-bond acceptors (Lipinski definition) is 4. The van der Waals surface area contributed by atoms with Crippen LogP contribution < -0.4 is 10.1 Å². The van der Waals surface area contributed by atoms with E-state index in [0.29, 0.717) is 33.9 Å². The molecule has 1 N–H and O–H groups in total. The molecule has 4 rings (SSSR count). The fourth-order valence-electron chi connectivity index (χ4n) is 2.81. The van der Waals surface area contributed by atoms with E-state index in [9.17, 15) is 4.79 Å². The molecule has 0 bridgehead atoms. The van der Waals surface area contributed by atoms with Crippen molar-refractivity contribution >= 4 is 50.9 Å². The number of rotatable bonds is 7. The highest BCUT2D eigenvalue weighted by molar-refractivity contribution is 9.10. The first-order valence-electron chi connectivity index (χ1n) is 9.23. The van der Waals surface area contributed by atoms with Crippen LogP contribution in [0, 0.1) is 0 Å². The van der Waals surface area contributed by atoms with Crippen LogP contribution in [0.3, 0.4) is 0 Å². The van der Waals surface area contributed by atoms with Gasteiger partial charge in [-0.1, -0.05) is 41.4 Å². The summed E-state index contributed by atoms with van der Waals surface area (Å²) in [6.07, 6.45) is 1.76. The van der Waals surface area contributed by atoms with Gasteiger partial charge < -0.3 is 14.5 Å². The average molecular weight is 521 g/mol. The molecule has 31 heavy (non-hydrogen) atoms. The standard InChI is InChI=1S/C22H16BrCl2N3O3/c23-16-3-1-2-4-19(16)30-13-15-6-8-20(31-15)22(29)26-21-9-10-28(27-21)12-14-5-7-17(24)18(25)11-14/h1-11H,12-13H2,(H,26,27,29). The predicted octanol–water partition coefficient (Wildman–Crippen LogP) is 6.43. The second-order valence-electron chi connectivity index (χ2n) is 6.59. The normalized spacial score (nSPS) is 10.8. The first kappa shape index (κ1) is 21.5.